The minimum atomic E-state index is -3.88. The van der Waals surface area contributed by atoms with Gasteiger partial charge in [-0.2, -0.15) is 0 Å². The van der Waals surface area contributed by atoms with Gasteiger partial charge in [0.1, 0.15) is 12.4 Å². The second kappa shape index (κ2) is 8.57. The number of ether oxygens (including phenoxy) is 3. The molecule has 0 aliphatic rings. The molecule has 1 rings (SSSR count). The van der Waals surface area contributed by atoms with Crippen LogP contribution in [0.2, 0.25) is 0 Å². The Morgan fingerprint density at radius 2 is 2.00 bits per heavy atom. The van der Waals surface area contributed by atoms with Gasteiger partial charge in [-0.25, -0.2) is 18.6 Å². The molecule has 0 unspecified atom stereocenters. The van der Waals surface area contributed by atoms with Gasteiger partial charge in [0.15, 0.2) is 0 Å². The van der Waals surface area contributed by atoms with E-state index in [0.29, 0.717) is 24.5 Å². The Kier molecular flexibility index (Phi) is 7.09. The van der Waals surface area contributed by atoms with E-state index in [1.807, 2.05) is 10.3 Å². The summed E-state index contributed by atoms with van der Waals surface area (Å²) in [6.45, 7) is 4.27. The van der Waals surface area contributed by atoms with E-state index < -0.39 is 16.1 Å². The zero-order valence-electron chi connectivity index (χ0n) is 12.7. The summed E-state index contributed by atoms with van der Waals surface area (Å²) < 4.78 is 38.9. The molecule has 0 fully saturated rings. The van der Waals surface area contributed by atoms with Crippen LogP contribution in [0.15, 0.2) is 23.1 Å². The molecule has 0 saturated carbocycles. The minimum Gasteiger partial charge on any atom is -0.491 e. The maximum atomic E-state index is 12.0. The summed E-state index contributed by atoms with van der Waals surface area (Å²) >= 11 is 0. The quantitative estimate of drug-likeness (QED) is 0.543. The molecule has 0 heterocycles. The molecule has 0 saturated heterocycles. The van der Waals surface area contributed by atoms with Crippen LogP contribution in [-0.2, 0) is 19.5 Å². The third kappa shape index (κ3) is 5.51. The normalized spacial score (nSPS) is 11.0. The lowest BCUT2D eigenvalue weighted by Crippen LogP contribution is -2.41. The zero-order valence-corrected chi connectivity index (χ0v) is 13.5. The Labute approximate surface area is 129 Å². The number of aryl methyl sites for hydroxylation is 1. The van der Waals surface area contributed by atoms with Gasteiger partial charge < -0.3 is 14.2 Å². The van der Waals surface area contributed by atoms with Gasteiger partial charge in [-0.1, -0.05) is 0 Å². The molecule has 0 radical (unpaired) electrons. The molecule has 0 bridgehead atoms. The number of sulfonamides is 1. The average Bonchev–Trinajstić information content (AvgIpc) is 2.47. The lowest BCUT2D eigenvalue weighted by atomic mass is 10.2. The lowest BCUT2D eigenvalue weighted by molar-refractivity contribution is 0.146. The summed E-state index contributed by atoms with van der Waals surface area (Å²) in [6, 6.07) is 4.37. The number of amides is 1. The first-order valence-electron chi connectivity index (χ1n) is 6.57. The molecule has 22 heavy (non-hydrogen) atoms. The predicted octanol–water partition coefficient (Wildman–Crippen LogP) is 0.960. The van der Waals surface area contributed by atoms with Crippen molar-refractivity contribution in [2.75, 3.05) is 26.9 Å². The summed E-state index contributed by atoms with van der Waals surface area (Å²) in [5.41, 5.74) is 2.60. The van der Waals surface area contributed by atoms with Crippen molar-refractivity contribution in [3.63, 3.8) is 0 Å². The van der Waals surface area contributed by atoms with Crippen LogP contribution in [0.25, 0.3) is 0 Å². The molecular weight excluding hydrogens is 312 g/mol. The van der Waals surface area contributed by atoms with Crippen LogP contribution in [0, 0.1) is 6.92 Å². The number of hydrogen-bond donors (Lipinski definition) is 2. The van der Waals surface area contributed by atoms with Crippen LogP contribution in [0.4, 0.5) is 4.79 Å². The number of carbonyl (C=O) groups excluding carboxylic acids is 1. The van der Waals surface area contributed by atoms with Crippen molar-refractivity contribution in [3.8, 4) is 5.75 Å². The molecule has 0 aliphatic carbocycles. The van der Waals surface area contributed by atoms with Gasteiger partial charge in [-0.05, 0) is 37.6 Å². The molecule has 0 atom stereocenters. The molecule has 124 valence electrons. The largest absolute Gasteiger partial charge is 0.491 e. The first-order chi connectivity index (χ1) is 10.4. The molecular formula is C13H20N2O6S. The van der Waals surface area contributed by atoms with Crippen LogP contribution >= 0.6 is 0 Å². The van der Waals surface area contributed by atoms with Gasteiger partial charge in [0, 0.05) is 7.11 Å². The first-order valence-corrected chi connectivity index (χ1v) is 8.06. The van der Waals surface area contributed by atoms with Gasteiger partial charge in [0.25, 0.3) is 10.0 Å². The Bertz CT molecular complexity index is 603. The molecule has 0 spiro atoms. The smallest absolute Gasteiger partial charge is 0.422 e. The van der Waals surface area contributed by atoms with E-state index in [4.69, 9.17) is 9.47 Å². The lowest BCUT2D eigenvalue weighted by Gasteiger charge is -2.12. The SMILES string of the molecule is CCOC(=O)NNS(=O)(=O)c1ccc(OCCOC)c(C)c1. The van der Waals surface area contributed by atoms with Crippen molar-refractivity contribution >= 4 is 16.1 Å². The number of nitrogens with one attached hydrogen (secondary N) is 2. The molecule has 0 aliphatic heterocycles. The number of hydrazine groups is 1. The van der Waals surface area contributed by atoms with Crippen molar-refractivity contribution in [2.24, 2.45) is 0 Å². The average molecular weight is 332 g/mol. The maximum Gasteiger partial charge on any atom is 0.422 e. The molecule has 0 aromatic heterocycles. The van der Waals surface area contributed by atoms with Gasteiger partial charge in [-0.15, -0.1) is 4.83 Å². The summed E-state index contributed by atoms with van der Waals surface area (Å²) in [5.74, 6) is 0.564. The monoisotopic (exact) mass is 332 g/mol. The van der Waals surface area contributed by atoms with Crippen LogP contribution in [0.3, 0.4) is 0 Å². The summed E-state index contributed by atoms with van der Waals surface area (Å²) in [4.78, 5) is 13.0. The second-order valence-electron chi connectivity index (χ2n) is 4.22. The number of benzene rings is 1. The number of hydrogen-bond acceptors (Lipinski definition) is 6. The van der Waals surface area contributed by atoms with E-state index >= 15 is 0 Å². The fraction of sp³-hybridized carbons (Fsp3) is 0.462. The summed E-state index contributed by atoms with van der Waals surface area (Å²) in [5, 5.41) is 0. The highest BCUT2D eigenvalue weighted by Crippen LogP contribution is 2.21. The molecule has 1 aromatic rings. The first kappa shape index (κ1) is 18.2. The fourth-order valence-corrected chi connectivity index (χ4v) is 2.44. The molecule has 8 nitrogen and oxygen atoms in total. The molecule has 2 N–H and O–H groups in total. The predicted molar refractivity (Wildman–Crippen MR) is 79.0 cm³/mol. The van der Waals surface area contributed by atoms with Crippen LogP contribution < -0.4 is 15.0 Å². The topological polar surface area (TPSA) is 103 Å². The second-order valence-corrected chi connectivity index (χ2v) is 5.90. The van der Waals surface area contributed by atoms with E-state index in [9.17, 15) is 13.2 Å². The maximum absolute atomic E-state index is 12.0. The van der Waals surface area contributed by atoms with Gasteiger partial charge in [-0.3, -0.25) is 0 Å². The van der Waals surface area contributed by atoms with Crippen LogP contribution in [0.1, 0.15) is 12.5 Å². The van der Waals surface area contributed by atoms with Crippen molar-refractivity contribution in [2.45, 2.75) is 18.7 Å². The summed E-state index contributed by atoms with van der Waals surface area (Å²) in [6.07, 6.45) is -0.873. The third-order valence-electron chi connectivity index (χ3n) is 2.56. The number of rotatable bonds is 8. The molecule has 1 aromatic carbocycles. The zero-order chi connectivity index (χ0) is 16.6. The van der Waals surface area contributed by atoms with E-state index in [1.165, 1.54) is 12.1 Å². The Morgan fingerprint density at radius 3 is 2.59 bits per heavy atom. The van der Waals surface area contributed by atoms with Crippen LogP contribution in [-0.4, -0.2) is 41.4 Å². The van der Waals surface area contributed by atoms with E-state index in [1.54, 1.807) is 27.0 Å². The highest BCUT2D eigenvalue weighted by Gasteiger charge is 2.16. The third-order valence-corrected chi connectivity index (χ3v) is 3.81. The number of methoxy groups -OCH3 is 1. The Hall–Kier alpha value is -1.84. The highest BCUT2D eigenvalue weighted by atomic mass is 32.2. The Morgan fingerprint density at radius 1 is 1.27 bits per heavy atom. The van der Waals surface area contributed by atoms with Gasteiger partial charge in [0.2, 0.25) is 0 Å². The van der Waals surface area contributed by atoms with Gasteiger partial charge in [0.05, 0.1) is 18.1 Å². The number of carbonyl (C=O) groups is 1. The fourth-order valence-electron chi connectivity index (χ4n) is 1.52. The molecule has 9 heteroatoms. The van der Waals surface area contributed by atoms with Crippen LogP contribution in [0.5, 0.6) is 5.75 Å². The summed E-state index contributed by atoms with van der Waals surface area (Å²) in [7, 11) is -2.32. The van der Waals surface area contributed by atoms with E-state index in [-0.39, 0.29) is 11.5 Å². The van der Waals surface area contributed by atoms with Gasteiger partial charge >= 0.3 is 6.09 Å². The van der Waals surface area contributed by atoms with Crippen molar-refractivity contribution in [1.82, 2.24) is 10.3 Å². The van der Waals surface area contributed by atoms with Crippen molar-refractivity contribution in [3.05, 3.63) is 23.8 Å². The van der Waals surface area contributed by atoms with E-state index in [0.717, 1.165) is 0 Å². The van der Waals surface area contributed by atoms with E-state index in [2.05, 4.69) is 4.74 Å². The van der Waals surface area contributed by atoms with Crippen molar-refractivity contribution in [1.29, 1.82) is 0 Å². The Balaban J connectivity index is 2.75. The highest BCUT2D eigenvalue weighted by molar-refractivity contribution is 7.89. The molecule has 1 amide bonds. The van der Waals surface area contributed by atoms with Crippen molar-refractivity contribution < 1.29 is 27.4 Å². The minimum absolute atomic E-state index is 0.000824. The standard InChI is InChI=1S/C13H20N2O6S/c1-4-20-13(16)14-15-22(17,18)11-5-6-12(10(2)9-11)21-8-7-19-3/h5-6,9,15H,4,7-8H2,1-3H3,(H,14,16).